The Kier molecular flexibility index (Phi) is 10.6. The number of carbonyl (C=O) groups is 3. The maximum Gasteiger partial charge on any atom is 0.338 e. The van der Waals surface area contributed by atoms with Crippen LogP contribution in [0.15, 0.2) is 72.5 Å². The number of fused-ring (bicyclic) bond motifs is 1. The predicted molar refractivity (Wildman–Crippen MR) is 175 cm³/mol. The second kappa shape index (κ2) is 15.0. The number of nitrogens with zero attached hydrogens (tertiary/aromatic N) is 1. The van der Waals surface area contributed by atoms with Crippen LogP contribution in [-0.4, -0.2) is 96.5 Å². The Morgan fingerprint density at radius 3 is 2.35 bits per heavy atom. The minimum Gasteiger partial charge on any atom is -0.499 e. The van der Waals surface area contributed by atoms with Gasteiger partial charge in [-0.2, -0.15) is 0 Å². The van der Waals surface area contributed by atoms with Gasteiger partial charge in [0.05, 0.1) is 25.0 Å². The van der Waals surface area contributed by atoms with Crippen molar-refractivity contribution in [3.63, 3.8) is 0 Å². The Bertz CT molecular complexity index is 1490. The van der Waals surface area contributed by atoms with Crippen molar-refractivity contribution in [1.29, 1.82) is 0 Å². The number of carbonyl (C=O) groups excluding carboxylic acids is 3. The molecular weight excluding hydrogens is 616 g/mol. The van der Waals surface area contributed by atoms with Crippen molar-refractivity contribution >= 4 is 23.9 Å². The molecule has 1 aliphatic heterocycles. The molecule has 11 nitrogen and oxygen atoms in total. The second-order valence-corrected chi connectivity index (χ2v) is 12.9. The van der Waals surface area contributed by atoms with Gasteiger partial charge in [0.1, 0.15) is 31.0 Å². The molecule has 1 saturated heterocycles. The van der Waals surface area contributed by atoms with Gasteiger partial charge in [-0.15, -0.1) is 0 Å². The highest BCUT2D eigenvalue weighted by Crippen LogP contribution is 2.59. The number of nitrogens with one attached hydrogen (secondary N) is 1. The molecule has 3 aliphatic carbocycles. The van der Waals surface area contributed by atoms with Gasteiger partial charge in [0, 0.05) is 43.8 Å². The average Bonchev–Trinajstić information content (AvgIpc) is 4.05. The zero-order chi connectivity index (χ0) is 33.7. The van der Waals surface area contributed by atoms with E-state index >= 15 is 0 Å². The topological polar surface area (TPSA) is 144 Å². The van der Waals surface area contributed by atoms with Crippen LogP contribution >= 0.6 is 0 Å². The first kappa shape index (κ1) is 33.9. The summed E-state index contributed by atoms with van der Waals surface area (Å²) in [5, 5.41) is 20.9. The second-order valence-electron chi connectivity index (χ2n) is 12.9. The lowest BCUT2D eigenvalue weighted by atomic mass is 9.90. The molecule has 2 saturated carbocycles. The maximum atomic E-state index is 14.2. The molecule has 0 aromatic heterocycles. The summed E-state index contributed by atoms with van der Waals surface area (Å²) in [6.07, 6.45) is 7.47. The number of benzene rings is 2. The van der Waals surface area contributed by atoms with Crippen LogP contribution in [0, 0.1) is 11.8 Å². The van der Waals surface area contributed by atoms with Crippen molar-refractivity contribution in [3.05, 3.63) is 89.2 Å². The van der Waals surface area contributed by atoms with E-state index in [-0.39, 0.29) is 62.9 Å². The molecule has 256 valence electrons. The van der Waals surface area contributed by atoms with Crippen molar-refractivity contribution in [3.8, 4) is 0 Å². The number of hydrogen-bond donors (Lipinski definition) is 3. The summed E-state index contributed by atoms with van der Waals surface area (Å²) >= 11 is 0. The molecule has 6 rings (SSSR count). The van der Waals surface area contributed by atoms with Crippen LogP contribution in [0.2, 0.25) is 0 Å². The van der Waals surface area contributed by atoms with E-state index in [9.17, 15) is 19.5 Å². The van der Waals surface area contributed by atoms with Gasteiger partial charge in [-0.25, -0.2) is 4.79 Å². The van der Waals surface area contributed by atoms with Crippen molar-refractivity contribution in [2.75, 3.05) is 33.4 Å². The summed E-state index contributed by atoms with van der Waals surface area (Å²) in [5.74, 6) is -1.48. The SMILES string of the molecule is CN(C(=O)C1=C[C@H]2OC(C3CC3)(C3CC3)O[C@H]2[C@H](OC(=O)c2ccc(C=COCCO)cc2)C1)[C@H](Cc1ccccc1)C(=O)NCCO. The van der Waals surface area contributed by atoms with Crippen molar-refractivity contribution in [1.82, 2.24) is 10.2 Å². The van der Waals surface area contributed by atoms with Gasteiger partial charge < -0.3 is 39.4 Å². The van der Waals surface area contributed by atoms with E-state index in [1.165, 1.54) is 11.2 Å². The zero-order valence-corrected chi connectivity index (χ0v) is 27.2. The van der Waals surface area contributed by atoms with Crippen LogP contribution < -0.4 is 5.32 Å². The Morgan fingerprint density at radius 1 is 1.00 bits per heavy atom. The average molecular weight is 661 g/mol. The lowest BCUT2D eigenvalue weighted by Gasteiger charge is -2.33. The normalized spacial score (nSPS) is 23.6. The first-order valence-electron chi connectivity index (χ1n) is 16.8. The summed E-state index contributed by atoms with van der Waals surface area (Å²) in [6, 6.07) is 15.4. The first-order chi connectivity index (χ1) is 23.3. The molecule has 2 aromatic rings. The van der Waals surface area contributed by atoms with E-state index in [0.717, 1.165) is 36.8 Å². The molecule has 4 aliphatic rings. The van der Waals surface area contributed by atoms with Crippen LogP contribution in [0.1, 0.15) is 53.6 Å². The number of esters is 1. The molecule has 0 radical (unpaired) electrons. The van der Waals surface area contributed by atoms with E-state index in [0.29, 0.717) is 11.1 Å². The quantitative estimate of drug-likeness (QED) is 0.149. The molecule has 48 heavy (non-hydrogen) atoms. The number of rotatable bonds is 15. The highest BCUT2D eigenvalue weighted by molar-refractivity contribution is 5.97. The number of aliphatic hydroxyl groups excluding tert-OH is 2. The van der Waals surface area contributed by atoms with E-state index in [4.69, 9.17) is 24.1 Å². The number of likely N-dealkylation sites (N-methyl/N-ethyl adjacent to an activating group) is 1. The van der Waals surface area contributed by atoms with E-state index < -0.39 is 36.1 Å². The van der Waals surface area contributed by atoms with Gasteiger partial charge in [0.15, 0.2) is 5.79 Å². The van der Waals surface area contributed by atoms with Gasteiger partial charge in [-0.1, -0.05) is 42.5 Å². The molecule has 2 aromatic carbocycles. The smallest absolute Gasteiger partial charge is 0.338 e. The fraction of sp³-hybridized carbons (Fsp3) is 0.486. The monoisotopic (exact) mass is 660 g/mol. The molecule has 0 bridgehead atoms. The molecular formula is C37H44N2O9. The summed E-state index contributed by atoms with van der Waals surface area (Å²) in [4.78, 5) is 42.4. The van der Waals surface area contributed by atoms with Crippen LogP contribution in [0.3, 0.4) is 0 Å². The van der Waals surface area contributed by atoms with Gasteiger partial charge in [-0.05, 0) is 61.1 Å². The van der Waals surface area contributed by atoms with Gasteiger partial charge in [0.2, 0.25) is 11.8 Å². The van der Waals surface area contributed by atoms with Crippen LogP contribution in [0.25, 0.3) is 6.08 Å². The lowest BCUT2D eigenvalue weighted by Crippen LogP contribution is -2.51. The lowest BCUT2D eigenvalue weighted by molar-refractivity contribution is -0.209. The standard InChI is InChI=1S/C37H44N2O9/c1-39(30(34(42)38-16-17-40)21-25-5-3-2-4-6-25)35(43)27-22-31(33-32(23-27)47-37(48-33,28-11-12-28)29-13-14-29)46-36(44)26-9-7-24(8-10-26)15-19-45-20-18-41/h2-10,15,19,23,28-33,40-41H,11-14,16-18,20-22H2,1H3,(H,38,42)/t30-,31-,32-,33+/m1/s1. The molecule has 3 fully saturated rings. The van der Waals surface area contributed by atoms with Crippen LogP contribution in [-0.2, 0) is 35.0 Å². The van der Waals surface area contributed by atoms with Crippen LogP contribution in [0.5, 0.6) is 0 Å². The molecule has 0 spiro atoms. The molecule has 11 heteroatoms. The van der Waals surface area contributed by atoms with Crippen molar-refractivity contribution in [2.24, 2.45) is 11.8 Å². The Morgan fingerprint density at radius 2 is 1.71 bits per heavy atom. The Labute approximate surface area is 280 Å². The van der Waals surface area contributed by atoms with Gasteiger partial charge >= 0.3 is 5.97 Å². The zero-order valence-electron chi connectivity index (χ0n) is 27.2. The summed E-state index contributed by atoms with van der Waals surface area (Å²) in [5.41, 5.74) is 2.42. The third-order valence-corrected chi connectivity index (χ3v) is 9.43. The third-order valence-electron chi connectivity index (χ3n) is 9.43. The number of aliphatic hydroxyl groups is 2. The Balaban J connectivity index is 1.23. The number of hydrogen-bond acceptors (Lipinski definition) is 9. The van der Waals surface area contributed by atoms with Crippen molar-refractivity contribution < 1.29 is 43.5 Å². The number of ether oxygens (including phenoxy) is 4. The van der Waals surface area contributed by atoms with E-state index in [1.54, 1.807) is 43.5 Å². The summed E-state index contributed by atoms with van der Waals surface area (Å²) < 4.78 is 24.7. The van der Waals surface area contributed by atoms with Crippen LogP contribution in [0.4, 0.5) is 0 Å². The van der Waals surface area contributed by atoms with Gasteiger partial charge in [0.25, 0.3) is 0 Å². The molecule has 2 amide bonds. The molecule has 0 unspecified atom stereocenters. The fourth-order valence-electron chi connectivity index (χ4n) is 6.65. The predicted octanol–water partition coefficient (Wildman–Crippen LogP) is 3.00. The van der Waals surface area contributed by atoms with Crippen molar-refractivity contribution in [2.45, 2.75) is 68.7 Å². The van der Waals surface area contributed by atoms with Gasteiger partial charge in [-0.3, -0.25) is 9.59 Å². The molecule has 1 heterocycles. The van der Waals surface area contributed by atoms with E-state index in [1.807, 2.05) is 30.3 Å². The maximum absolute atomic E-state index is 14.2. The first-order valence-corrected chi connectivity index (χ1v) is 16.8. The highest BCUT2D eigenvalue weighted by atomic mass is 16.8. The summed E-state index contributed by atoms with van der Waals surface area (Å²) in [7, 11) is 1.60. The molecule has 3 N–H and O–H groups in total. The minimum atomic E-state index is -0.842. The molecule has 4 atom stereocenters. The fourth-order valence-corrected chi connectivity index (χ4v) is 6.65. The highest BCUT2D eigenvalue weighted by Gasteiger charge is 2.64. The summed E-state index contributed by atoms with van der Waals surface area (Å²) in [6.45, 7) is -0.0378. The largest absolute Gasteiger partial charge is 0.499 e. The minimum absolute atomic E-state index is 0.0704. The Hall–Kier alpha value is -4.03. The third kappa shape index (κ3) is 7.65. The number of amides is 2. The van der Waals surface area contributed by atoms with E-state index in [2.05, 4.69) is 5.32 Å².